The fraction of sp³-hybridized carbons (Fsp3) is 0.300. The van der Waals surface area contributed by atoms with Gasteiger partial charge >= 0.3 is 6.03 Å². The summed E-state index contributed by atoms with van der Waals surface area (Å²) >= 11 is 0. The first-order chi connectivity index (χ1) is 7.50. The summed E-state index contributed by atoms with van der Waals surface area (Å²) < 4.78 is 25.4. The van der Waals surface area contributed by atoms with E-state index < -0.39 is 21.3 Å². The van der Waals surface area contributed by atoms with Crippen LogP contribution < -0.4 is 10.5 Å². The number of primary amides is 1. The highest BCUT2D eigenvalue weighted by atomic mass is 32.2. The second kappa shape index (κ2) is 3.79. The van der Waals surface area contributed by atoms with E-state index in [1.54, 1.807) is 12.1 Å². The van der Waals surface area contributed by atoms with Gasteiger partial charge in [0.1, 0.15) is 5.25 Å². The molecule has 1 unspecified atom stereocenters. The first-order valence-corrected chi connectivity index (χ1v) is 6.44. The van der Waals surface area contributed by atoms with Gasteiger partial charge in [-0.2, -0.15) is 0 Å². The molecule has 16 heavy (non-hydrogen) atoms. The number of carbonyl (C=O) groups is 1. The van der Waals surface area contributed by atoms with Crippen molar-refractivity contribution in [1.29, 1.82) is 0 Å². The molecule has 1 atom stereocenters. The molecule has 1 aromatic carbocycles. The van der Waals surface area contributed by atoms with E-state index in [0.717, 1.165) is 11.1 Å². The monoisotopic (exact) mass is 240 g/mol. The third-order valence-electron chi connectivity index (χ3n) is 2.70. The van der Waals surface area contributed by atoms with Crippen molar-refractivity contribution >= 4 is 16.1 Å². The standard InChI is InChI=1S/C10H12N2O3S/c11-10(13)12-16(14,15)9-6-5-7-3-1-2-4-8(7)9/h1-4,9H,5-6H2,(H3,11,12,13). The lowest BCUT2D eigenvalue weighted by atomic mass is 10.1. The SMILES string of the molecule is NC(=O)NS(=O)(=O)C1CCc2ccccc21. The van der Waals surface area contributed by atoms with E-state index in [1.807, 2.05) is 16.9 Å². The number of carbonyl (C=O) groups excluding carboxylic acids is 1. The molecule has 3 N–H and O–H groups in total. The highest BCUT2D eigenvalue weighted by Crippen LogP contribution is 2.36. The zero-order chi connectivity index (χ0) is 11.8. The molecule has 0 spiro atoms. The minimum Gasteiger partial charge on any atom is -0.351 e. The van der Waals surface area contributed by atoms with Crippen molar-refractivity contribution in [2.75, 3.05) is 0 Å². The van der Waals surface area contributed by atoms with Crippen molar-refractivity contribution in [2.24, 2.45) is 5.73 Å². The van der Waals surface area contributed by atoms with Crippen LogP contribution in [-0.2, 0) is 16.4 Å². The zero-order valence-corrected chi connectivity index (χ0v) is 9.33. The number of amides is 2. The number of urea groups is 1. The van der Waals surface area contributed by atoms with Gasteiger partial charge in [-0.15, -0.1) is 0 Å². The van der Waals surface area contributed by atoms with Crippen LogP contribution in [0.3, 0.4) is 0 Å². The van der Waals surface area contributed by atoms with Gasteiger partial charge in [-0.25, -0.2) is 17.9 Å². The largest absolute Gasteiger partial charge is 0.351 e. The van der Waals surface area contributed by atoms with E-state index in [1.165, 1.54) is 0 Å². The lowest BCUT2D eigenvalue weighted by Gasteiger charge is -2.12. The number of hydrogen-bond donors (Lipinski definition) is 2. The summed E-state index contributed by atoms with van der Waals surface area (Å²) in [7, 11) is -3.70. The Kier molecular flexibility index (Phi) is 2.59. The van der Waals surface area contributed by atoms with Gasteiger partial charge in [-0.05, 0) is 24.0 Å². The topological polar surface area (TPSA) is 89.3 Å². The second-order valence-corrected chi connectivity index (χ2v) is 5.60. The first-order valence-electron chi connectivity index (χ1n) is 4.89. The van der Waals surface area contributed by atoms with Gasteiger partial charge < -0.3 is 5.73 Å². The van der Waals surface area contributed by atoms with Crippen molar-refractivity contribution in [2.45, 2.75) is 18.1 Å². The minimum absolute atomic E-state index is 0.488. The molecular formula is C10H12N2O3S. The quantitative estimate of drug-likeness (QED) is 0.796. The molecule has 0 radical (unpaired) electrons. The van der Waals surface area contributed by atoms with Crippen LogP contribution in [0.15, 0.2) is 24.3 Å². The number of hydrogen-bond acceptors (Lipinski definition) is 3. The molecule has 0 saturated heterocycles. The van der Waals surface area contributed by atoms with Gasteiger partial charge in [0, 0.05) is 0 Å². The Morgan fingerprint density at radius 1 is 1.38 bits per heavy atom. The van der Waals surface area contributed by atoms with E-state index in [-0.39, 0.29) is 0 Å². The van der Waals surface area contributed by atoms with Crippen molar-refractivity contribution in [1.82, 2.24) is 4.72 Å². The summed E-state index contributed by atoms with van der Waals surface area (Å²) in [5.74, 6) is 0. The fourth-order valence-corrected chi connectivity index (χ4v) is 3.47. The molecule has 0 saturated carbocycles. The van der Waals surface area contributed by atoms with Crippen molar-refractivity contribution in [3.05, 3.63) is 35.4 Å². The van der Waals surface area contributed by atoms with Gasteiger partial charge in [-0.1, -0.05) is 24.3 Å². The first kappa shape index (κ1) is 10.9. The van der Waals surface area contributed by atoms with Crippen LogP contribution in [-0.4, -0.2) is 14.4 Å². The Hall–Kier alpha value is -1.56. The predicted octanol–water partition coefficient (Wildman–Crippen LogP) is 0.672. The lowest BCUT2D eigenvalue weighted by molar-refractivity contribution is 0.253. The molecular weight excluding hydrogens is 228 g/mol. The Morgan fingerprint density at radius 2 is 2.06 bits per heavy atom. The summed E-state index contributed by atoms with van der Waals surface area (Å²) in [5, 5.41) is -0.670. The van der Waals surface area contributed by atoms with Gasteiger partial charge in [0.25, 0.3) is 0 Å². The Bertz CT molecular complexity index is 525. The second-order valence-electron chi connectivity index (χ2n) is 3.74. The van der Waals surface area contributed by atoms with Crippen LogP contribution in [0.25, 0.3) is 0 Å². The van der Waals surface area contributed by atoms with Gasteiger partial charge in [0.2, 0.25) is 10.0 Å². The molecule has 0 aliphatic heterocycles. The Labute approximate surface area is 93.7 Å². The Morgan fingerprint density at radius 3 is 2.75 bits per heavy atom. The number of sulfonamides is 1. The Balaban J connectivity index is 2.35. The van der Waals surface area contributed by atoms with Crippen molar-refractivity contribution in [3.8, 4) is 0 Å². The average Bonchev–Trinajstić information content (AvgIpc) is 2.59. The minimum atomic E-state index is -3.70. The number of fused-ring (bicyclic) bond motifs is 1. The summed E-state index contributed by atoms with van der Waals surface area (Å²) in [6.45, 7) is 0. The summed E-state index contributed by atoms with van der Waals surface area (Å²) in [5.41, 5.74) is 6.61. The molecule has 1 aromatic rings. The maximum atomic E-state index is 11.8. The molecule has 0 aromatic heterocycles. The van der Waals surface area contributed by atoms with Crippen LogP contribution in [0.2, 0.25) is 0 Å². The zero-order valence-electron chi connectivity index (χ0n) is 8.51. The van der Waals surface area contributed by atoms with E-state index in [0.29, 0.717) is 12.8 Å². The highest BCUT2D eigenvalue weighted by Gasteiger charge is 2.33. The molecule has 0 bridgehead atoms. The third kappa shape index (κ3) is 1.88. The van der Waals surface area contributed by atoms with Crippen molar-refractivity contribution < 1.29 is 13.2 Å². The summed E-state index contributed by atoms with van der Waals surface area (Å²) in [4.78, 5) is 10.6. The van der Waals surface area contributed by atoms with Gasteiger partial charge in [-0.3, -0.25) is 0 Å². The molecule has 2 amide bonds. The number of nitrogens with one attached hydrogen (secondary N) is 1. The van der Waals surface area contributed by atoms with E-state index in [4.69, 9.17) is 5.73 Å². The van der Waals surface area contributed by atoms with Crippen LogP contribution in [0, 0.1) is 0 Å². The smallest absolute Gasteiger partial charge is 0.325 e. The van der Waals surface area contributed by atoms with E-state index >= 15 is 0 Å². The molecule has 2 rings (SSSR count). The van der Waals surface area contributed by atoms with Gasteiger partial charge in [0.05, 0.1) is 0 Å². The van der Waals surface area contributed by atoms with Gasteiger partial charge in [0.15, 0.2) is 0 Å². The van der Waals surface area contributed by atoms with Crippen LogP contribution in [0.1, 0.15) is 22.8 Å². The van der Waals surface area contributed by atoms with Crippen LogP contribution in [0.4, 0.5) is 4.79 Å². The molecule has 0 fully saturated rings. The molecule has 1 aliphatic rings. The number of benzene rings is 1. The van der Waals surface area contributed by atoms with Crippen LogP contribution >= 0.6 is 0 Å². The molecule has 6 heteroatoms. The molecule has 86 valence electrons. The third-order valence-corrected chi connectivity index (χ3v) is 4.42. The maximum absolute atomic E-state index is 11.8. The van der Waals surface area contributed by atoms with E-state index in [2.05, 4.69) is 0 Å². The lowest BCUT2D eigenvalue weighted by Crippen LogP contribution is -2.37. The number of nitrogens with two attached hydrogens (primary N) is 1. The molecule has 1 aliphatic carbocycles. The number of aryl methyl sites for hydroxylation is 1. The normalized spacial score (nSPS) is 19.1. The summed E-state index contributed by atoms with van der Waals surface area (Å²) in [6, 6.07) is 6.29. The van der Waals surface area contributed by atoms with Crippen LogP contribution in [0.5, 0.6) is 0 Å². The number of rotatable bonds is 2. The molecule has 5 nitrogen and oxygen atoms in total. The average molecular weight is 240 g/mol. The molecule has 0 heterocycles. The predicted molar refractivity (Wildman–Crippen MR) is 59.1 cm³/mol. The maximum Gasteiger partial charge on any atom is 0.325 e. The van der Waals surface area contributed by atoms with E-state index in [9.17, 15) is 13.2 Å². The van der Waals surface area contributed by atoms with Crippen molar-refractivity contribution in [3.63, 3.8) is 0 Å². The summed E-state index contributed by atoms with van der Waals surface area (Å²) in [6.07, 6.45) is 1.20. The highest BCUT2D eigenvalue weighted by molar-refractivity contribution is 7.90. The fourth-order valence-electron chi connectivity index (χ4n) is 2.05.